The summed E-state index contributed by atoms with van der Waals surface area (Å²) < 4.78 is 19.0. The smallest absolute Gasteiger partial charge is 0.218 e. The zero-order valence-corrected chi connectivity index (χ0v) is 12.3. The number of nitrogens with one attached hydrogen (secondary N) is 1. The van der Waals surface area contributed by atoms with Gasteiger partial charge in [-0.3, -0.25) is 4.98 Å². The Morgan fingerprint density at radius 1 is 1.29 bits per heavy atom. The third-order valence-electron chi connectivity index (χ3n) is 2.92. The fourth-order valence-electron chi connectivity index (χ4n) is 1.84. The van der Waals surface area contributed by atoms with E-state index in [2.05, 4.69) is 15.3 Å². The predicted octanol–water partition coefficient (Wildman–Crippen LogP) is 2.74. The average molecular weight is 289 g/mol. The molecule has 21 heavy (non-hydrogen) atoms. The Hall–Kier alpha value is -2.01. The maximum absolute atomic E-state index is 13.3. The summed E-state index contributed by atoms with van der Waals surface area (Å²) >= 11 is 0. The van der Waals surface area contributed by atoms with Crippen LogP contribution in [0.2, 0.25) is 0 Å². The maximum atomic E-state index is 13.3. The van der Waals surface area contributed by atoms with Crippen LogP contribution in [-0.4, -0.2) is 22.6 Å². The molecule has 0 bridgehead atoms. The Morgan fingerprint density at radius 3 is 2.86 bits per heavy atom. The van der Waals surface area contributed by atoms with Crippen LogP contribution in [0.3, 0.4) is 0 Å². The number of pyridine rings is 2. The fourth-order valence-corrected chi connectivity index (χ4v) is 1.84. The molecule has 2 heterocycles. The van der Waals surface area contributed by atoms with Crippen LogP contribution in [0.5, 0.6) is 5.88 Å². The molecular formula is C16H20FN3O. The Labute approximate surface area is 124 Å². The molecule has 0 aromatic carbocycles. The van der Waals surface area contributed by atoms with E-state index in [1.807, 2.05) is 32.0 Å². The van der Waals surface area contributed by atoms with Crippen molar-refractivity contribution in [1.29, 1.82) is 0 Å². The number of rotatable bonds is 7. The van der Waals surface area contributed by atoms with Crippen LogP contribution in [-0.2, 0) is 13.0 Å². The first-order valence-electron chi connectivity index (χ1n) is 7.05. The highest BCUT2D eigenvalue weighted by Crippen LogP contribution is 2.16. The molecule has 0 aliphatic heterocycles. The van der Waals surface area contributed by atoms with Crippen LogP contribution in [0, 0.1) is 5.82 Å². The predicted molar refractivity (Wildman–Crippen MR) is 79.6 cm³/mol. The van der Waals surface area contributed by atoms with Crippen molar-refractivity contribution in [2.45, 2.75) is 32.9 Å². The molecule has 0 unspecified atom stereocenters. The maximum Gasteiger partial charge on any atom is 0.218 e. The summed E-state index contributed by atoms with van der Waals surface area (Å²) in [5.74, 6) is 0.119. The molecule has 0 saturated carbocycles. The number of hydrogen-bond donors (Lipinski definition) is 1. The molecule has 0 radical (unpaired) electrons. The molecule has 0 spiro atoms. The second-order valence-electron chi connectivity index (χ2n) is 5.07. The van der Waals surface area contributed by atoms with E-state index in [0.29, 0.717) is 31.5 Å². The van der Waals surface area contributed by atoms with Crippen molar-refractivity contribution < 1.29 is 9.13 Å². The Kier molecular flexibility index (Phi) is 5.63. The largest absolute Gasteiger partial charge is 0.477 e. The van der Waals surface area contributed by atoms with Crippen molar-refractivity contribution >= 4 is 0 Å². The summed E-state index contributed by atoms with van der Waals surface area (Å²) in [6.07, 6.45) is 3.62. The monoisotopic (exact) mass is 289 g/mol. The number of aromatic nitrogens is 2. The minimum Gasteiger partial charge on any atom is -0.477 e. The van der Waals surface area contributed by atoms with Crippen LogP contribution in [0.25, 0.3) is 0 Å². The van der Waals surface area contributed by atoms with Crippen molar-refractivity contribution in [2.75, 3.05) is 6.61 Å². The van der Waals surface area contributed by atoms with E-state index >= 15 is 0 Å². The lowest BCUT2D eigenvalue weighted by molar-refractivity contribution is 0.302. The lowest BCUT2D eigenvalue weighted by Crippen LogP contribution is -2.22. The minimum absolute atomic E-state index is 0.314. The summed E-state index contributed by atoms with van der Waals surface area (Å²) in [5, 5.41) is 3.24. The van der Waals surface area contributed by atoms with E-state index < -0.39 is 0 Å². The quantitative estimate of drug-likeness (QED) is 0.851. The van der Waals surface area contributed by atoms with E-state index in [9.17, 15) is 4.39 Å². The van der Waals surface area contributed by atoms with Crippen LogP contribution in [0.15, 0.2) is 36.7 Å². The lowest BCUT2D eigenvalue weighted by atomic mass is 10.2. The van der Waals surface area contributed by atoms with Gasteiger partial charge in [0.15, 0.2) is 0 Å². The topological polar surface area (TPSA) is 47.0 Å². The second-order valence-corrected chi connectivity index (χ2v) is 5.07. The van der Waals surface area contributed by atoms with E-state index in [4.69, 9.17) is 4.74 Å². The van der Waals surface area contributed by atoms with Gasteiger partial charge in [0, 0.05) is 36.5 Å². The fraction of sp³-hybridized carbons (Fsp3) is 0.375. The number of nitrogens with zero attached hydrogens (tertiary/aromatic N) is 2. The number of ether oxygens (including phenoxy) is 1. The molecule has 112 valence electrons. The summed E-state index contributed by atoms with van der Waals surface area (Å²) in [5.41, 5.74) is 1.69. The zero-order chi connectivity index (χ0) is 15.1. The Balaban J connectivity index is 1.95. The van der Waals surface area contributed by atoms with Gasteiger partial charge in [0.25, 0.3) is 0 Å². The van der Waals surface area contributed by atoms with E-state index in [1.165, 1.54) is 12.3 Å². The van der Waals surface area contributed by atoms with Gasteiger partial charge in [-0.1, -0.05) is 19.9 Å². The molecule has 2 aromatic heterocycles. The first kappa shape index (κ1) is 15.4. The lowest BCUT2D eigenvalue weighted by Gasteiger charge is -2.12. The molecule has 0 atom stereocenters. The molecule has 0 aliphatic rings. The van der Waals surface area contributed by atoms with E-state index in [-0.39, 0.29) is 5.82 Å². The number of hydrogen-bond acceptors (Lipinski definition) is 4. The van der Waals surface area contributed by atoms with Gasteiger partial charge >= 0.3 is 0 Å². The van der Waals surface area contributed by atoms with Gasteiger partial charge in [0.2, 0.25) is 5.88 Å². The van der Waals surface area contributed by atoms with Gasteiger partial charge < -0.3 is 10.1 Å². The summed E-state index contributed by atoms with van der Waals surface area (Å²) in [6, 6.07) is 7.54. The molecule has 4 nitrogen and oxygen atoms in total. The van der Waals surface area contributed by atoms with Gasteiger partial charge in [-0.2, -0.15) is 0 Å². The summed E-state index contributed by atoms with van der Waals surface area (Å²) in [6.45, 7) is 5.06. The molecule has 0 saturated heterocycles. The highest BCUT2D eigenvalue weighted by Gasteiger charge is 2.08. The number of halogens is 1. The standard InChI is InChI=1S/C16H20FN3O/c1-12(2)19-10-13-9-14(17)11-20-16(13)21-8-6-15-5-3-4-7-18-15/h3-5,7,9,11-12,19H,6,8,10H2,1-2H3. The third-order valence-corrected chi connectivity index (χ3v) is 2.92. The van der Waals surface area contributed by atoms with Crippen LogP contribution in [0.1, 0.15) is 25.1 Å². The minimum atomic E-state index is -0.354. The average Bonchev–Trinajstić information content (AvgIpc) is 2.48. The normalized spacial score (nSPS) is 10.9. The van der Waals surface area contributed by atoms with Crippen molar-refractivity contribution in [1.82, 2.24) is 15.3 Å². The molecule has 0 aliphatic carbocycles. The molecule has 2 rings (SSSR count). The van der Waals surface area contributed by atoms with Crippen molar-refractivity contribution in [3.63, 3.8) is 0 Å². The van der Waals surface area contributed by atoms with Gasteiger partial charge in [-0.05, 0) is 18.2 Å². The van der Waals surface area contributed by atoms with Crippen LogP contribution < -0.4 is 10.1 Å². The van der Waals surface area contributed by atoms with Gasteiger partial charge in [-0.15, -0.1) is 0 Å². The SMILES string of the molecule is CC(C)NCc1cc(F)cnc1OCCc1ccccn1. The first-order valence-corrected chi connectivity index (χ1v) is 7.05. The second kappa shape index (κ2) is 7.69. The van der Waals surface area contributed by atoms with E-state index in [1.54, 1.807) is 6.20 Å². The van der Waals surface area contributed by atoms with Crippen LogP contribution in [0.4, 0.5) is 4.39 Å². The highest BCUT2D eigenvalue weighted by molar-refractivity contribution is 5.26. The molecular weight excluding hydrogens is 269 g/mol. The van der Waals surface area contributed by atoms with Gasteiger partial charge in [0.05, 0.1) is 12.8 Å². The van der Waals surface area contributed by atoms with E-state index in [0.717, 1.165) is 11.3 Å². The van der Waals surface area contributed by atoms with Crippen molar-refractivity contribution in [2.24, 2.45) is 0 Å². The van der Waals surface area contributed by atoms with Gasteiger partial charge in [0.1, 0.15) is 5.82 Å². The van der Waals surface area contributed by atoms with Crippen molar-refractivity contribution in [3.05, 3.63) is 53.7 Å². The first-order chi connectivity index (χ1) is 10.1. The third kappa shape index (κ3) is 5.11. The molecule has 1 N–H and O–H groups in total. The molecule has 5 heteroatoms. The molecule has 0 fully saturated rings. The summed E-state index contributed by atoms with van der Waals surface area (Å²) in [4.78, 5) is 8.26. The van der Waals surface area contributed by atoms with Crippen molar-refractivity contribution in [3.8, 4) is 5.88 Å². The van der Waals surface area contributed by atoms with Crippen LogP contribution >= 0.6 is 0 Å². The summed E-state index contributed by atoms with van der Waals surface area (Å²) in [7, 11) is 0. The Morgan fingerprint density at radius 2 is 2.14 bits per heavy atom. The van der Waals surface area contributed by atoms with Gasteiger partial charge in [-0.25, -0.2) is 9.37 Å². The highest BCUT2D eigenvalue weighted by atomic mass is 19.1. The zero-order valence-electron chi connectivity index (χ0n) is 12.3. The molecule has 2 aromatic rings. The Bertz CT molecular complexity index is 561. The molecule has 0 amide bonds.